The molecule has 0 radical (unpaired) electrons. The lowest BCUT2D eigenvalue weighted by Crippen LogP contribution is -2.00. The van der Waals surface area contributed by atoms with Crippen LogP contribution in [0.5, 0.6) is 0 Å². The van der Waals surface area contributed by atoms with E-state index in [-0.39, 0.29) is 0 Å². The molecule has 11 aromatic rings. The molecule has 0 aliphatic rings. The summed E-state index contributed by atoms with van der Waals surface area (Å²) in [6, 6.07) is 68.2. The van der Waals surface area contributed by atoms with Gasteiger partial charge in [0.15, 0.2) is 17.5 Å². The van der Waals surface area contributed by atoms with E-state index in [1.807, 2.05) is 60.7 Å². The molecule has 8 aromatic carbocycles. The zero-order valence-electron chi connectivity index (χ0n) is 30.3. The molecule has 11 rings (SSSR count). The highest BCUT2D eigenvalue weighted by Crippen LogP contribution is 2.40. The molecule has 0 fully saturated rings. The van der Waals surface area contributed by atoms with Crippen LogP contribution in [0.25, 0.3) is 100 Å². The molecule has 5 nitrogen and oxygen atoms in total. The summed E-state index contributed by atoms with van der Waals surface area (Å²) < 4.78 is 4.73. The van der Waals surface area contributed by atoms with Crippen LogP contribution in [0.15, 0.2) is 200 Å². The van der Waals surface area contributed by atoms with Gasteiger partial charge >= 0.3 is 0 Å². The molecular weight excluding hydrogens is 683 g/mol. The van der Waals surface area contributed by atoms with Crippen molar-refractivity contribution in [3.8, 4) is 56.7 Å². The Morgan fingerprint density at radius 2 is 0.893 bits per heavy atom. The highest BCUT2D eigenvalue weighted by Gasteiger charge is 2.18. The third-order valence-corrected chi connectivity index (χ3v) is 10.8. The van der Waals surface area contributed by atoms with E-state index in [1.165, 1.54) is 38.0 Å². The second-order valence-corrected chi connectivity index (χ2v) is 14.1. The Bertz CT molecular complexity index is 3180. The van der Waals surface area contributed by atoms with Crippen molar-refractivity contribution < 1.29 is 0 Å². The maximum atomic E-state index is 4.98. The van der Waals surface area contributed by atoms with Gasteiger partial charge in [0.1, 0.15) is 0 Å². The fourth-order valence-electron chi connectivity index (χ4n) is 8.17. The molecule has 0 atom stereocenters. The van der Waals surface area contributed by atoms with E-state index in [0.717, 1.165) is 44.7 Å². The molecule has 0 saturated heterocycles. The maximum absolute atomic E-state index is 4.98. The molecular formula is C51H33N5. The molecule has 0 N–H and O–H groups in total. The van der Waals surface area contributed by atoms with Crippen LogP contribution in [0.2, 0.25) is 0 Å². The van der Waals surface area contributed by atoms with E-state index in [9.17, 15) is 0 Å². The van der Waals surface area contributed by atoms with Crippen molar-refractivity contribution in [3.63, 3.8) is 0 Å². The molecule has 5 heteroatoms. The van der Waals surface area contributed by atoms with Crippen molar-refractivity contribution in [1.82, 2.24) is 24.1 Å². The Kier molecular flexibility index (Phi) is 7.42. The van der Waals surface area contributed by atoms with Gasteiger partial charge in [0.2, 0.25) is 0 Å². The topological polar surface area (TPSA) is 48.5 Å². The quantitative estimate of drug-likeness (QED) is 0.172. The number of hydrogen-bond donors (Lipinski definition) is 0. The number of nitrogens with zero attached hydrogens (tertiary/aromatic N) is 5. The van der Waals surface area contributed by atoms with E-state index >= 15 is 0 Å². The summed E-state index contributed by atoms with van der Waals surface area (Å²) in [6.45, 7) is 0. The number of rotatable bonds is 6. The monoisotopic (exact) mass is 715 g/mol. The van der Waals surface area contributed by atoms with Gasteiger partial charge in [0.05, 0.1) is 16.6 Å². The van der Waals surface area contributed by atoms with Gasteiger partial charge in [-0.05, 0) is 65.0 Å². The lowest BCUT2D eigenvalue weighted by Gasteiger charge is -2.12. The second-order valence-electron chi connectivity index (χ2n) is 14.1. The summed E-state index contributed by atoms with van der Waals surface area (Å²) in [5, 5.41) is 6.20. The van der Waals surface area contributed by atoms with Crippen molar-refractivity contribution in [2.75, 3.05) is 0 Å². The average Bonchev–Trinajstić information content (AvgIpc) is 3.87. The van der Waals surface area contributed by atoms with Crippen LogP contribution >= 0.6 is 0 Å². The highest BCUT2D eigenvalue weighted by molar-refractivity contribution is 6.25. The molecule has 262 valence electrons. The van der Waals surface area contributed by atoms with Crippen molar-refractivity contribution in [2.45, 2.75) is 0 Å². The van der Waals surface area contributed by atoms with Crippen LogP contribution in [0.1, 0.15) is 0 Å². The molecule has 0 unspecified atom stereocenters. The molecule has 0 amide bonds. The molecule has 0 aliphatic carbocycles. The van der Waals surface area contributed by atoms with Gasteiger partial charge in [0.25, 0.3) is 0 Å². The summed E-state index contributed by atoms with van der Waals surface area (Å²) >= 11 is 0. The van der Waals surface area contributed by atoms with E-state index in [2.05, 4.69) is 149 Å². The predicted molar refractivity (Wildman–Crippen MR) is 230 cm³/mol. The molecule has 3 heterocycles. The maximum Gasteiger partial charge on any atom is 0.164 e. The van der Waals surface area contributed by atoms with Crippen LogP contribution in [-0.2, 0) is 0 Å². The first-order valence-electron chi connectivity index (χ1n) is 18.9. The summed E-state index contributed by atoms with van der Waals surface area (Å²) in [5.74, 6) is 1.93. The Balaban J connectivity index is 1.04. The zero-order valence-corrected chi connectivity index (χ0v) is 30.3. The zero-order chi connectivity index (χ0) is 37.0. The minimum Gasteiger partial charge on any atom is -0.317 e. The number of fused-ring (bicyclic) bond motifs is 7. The Hall–Kier alpha value is -7.63. The average molecular weight is 716 g/mol. The van der Waals surface area contributed by atoms with Crippen LogP contribution in [0.4, 0.5) is 0 Å². The molecule has 0 saturated carbocycles. The minimum atomic E-state index is 0.637. The molecule has 0 spiro atoms. The first kappa shape index (κ1) is 31.9. The van der Waals surface area contributed by atoms with Gasteiger partial charge < -0.3 is 9.13 Å². The smallest absolute Gasteiger partial charge is 0.164 e. The fourth-order valence-corrected chi connectivity index (χ4v) is 8.17. The van der Waals surface area contributed by atoms with Crippen molar-refractivity contribution in [1.29, 1.82) is 0 Å². The number of benzene rings is 8. The van der Waals surface area contributed by atoms with Gasteiger partial charge in [-0.3, -0.25) is 0 Å². The summed E-state index contributed by atoms with van der Waals surface area (Å²) in [6.07, 6.45) is 2.20. The van der Waals surface area contributed by atoms with E-state index in [4.69, 9.17) is 15.0 Å². The normalized spacial score (nSPS) is 11.6. The van der Waals surface area contributed by atoms with Crippen LogP contribution in [0, 0.1) is 0 Å². The largest absolute Gasteiger partial charge is 0.317 e. The molecule has 0 aliphatic heterocycles. The van der Waals surface area contributed by atoms with Crippen LogP contribution < -0.4 is 0 Å². The Morgan fingerprint density at radius 1 is 0.339 bits per heavy atom. The van der Waals surface area contributed by atoms with Gasteiger partial charge in [-0.2, -0.15) is 0 Å². The lowest BCUT2D eigenvalue weighted by atomic mass is 10.0. The summed E-state index contributed by atoms with van der Waals surface area (Å²) in [4.78, 5) is 14.9. The van der Waals surface area contributed by atoms with Gasteiger partial charge in [-0.25, -0.2) is 15.0 Å². The fraction of sp³-hybridized carbons (Fsp3) is 0. The predicted octanol–water partition coefficient (Wildman–Crippen LogP) is 12.7. The number of para-hydroxylation sites is 2. The molecule has 0 bridgehead atoms. The second kappa shape index (κ2) is 13.0. The molecule has 56 heavy (non-hydrogen) atoms. The first-order valence-corrected chi connectivity index (χ1v) is 18.9. The van der Waals surface area contributed by atoms with Crippen molar-refractivity contribution in [3.05, 3.63) is 200 Å². The summed E-state index contributed by atoms with van der Waals surface area (Å²) in [7, 11) is 0. The van der Waals surface area contributed by atoms with Crippen molar-refractivity contribution in [2.24, 2.45) is 0 Å². The Morgan fingerprint density at radius 3 is 1.62 bits per heavy atom. The Labute approximate surface area is 323 Å². The first-order chi connectivity index (χ1) is 27.8. The van der Waals surface area contributed by atoms with Gasteiger partial charge in [0, 0.05) is 55.8 Å². The summed E-state index contributed by atoms with van der Waals surface area (Å²) in [5.41, 5.74) is 10.9. The SMILES string of the molecule is c1ccc(-c2nc(-c3ccccc3)nc(-c3cccc(-c4cccc(-n5ccc6c7c(ccc8c9ccccc9n(-c9ccccc9)c87)ccc65)c4)c3)n2)cc1. The third-order valence-electron chi connectivity index (χ3n) is 10.8. The standard InChI is InChI=1S/C51H33N5/c1-4-14-35(15-5-1)49-52-50(36-16-6-2-7-17-36)54-51(53-49)39-20-12-18-37(32-39)38-19-13-23-41(33-38)55-31-30-44-45(55)29-27-34-26-28-43-42-24-10-11-25-46(42)56(48(43)47(34)44)40-21-8-3-9-22-40/h1-33H. The van der Waals surface area contributed by atoms with E-state index in [1.54, 1.807) is 0 Å². The van der Waals surface area contributed by atoms with Gasteiger partial charge in [-0.15, -0.1) is 0 Å². The number of hydrogen-bond acceptors (Lipinski definition) is 3. The van der Waals surface area contributed by atoms with E-state index < -0.39 is 0 Å². The van der Waals surface area contributed by atoms with Crippen LogP contribution in [-0.4, -0.2) is 24.1 Å². The minimum absolute atomic E-state index is 0.637. The highest BCUT2D eigenvalue weighted by atomic mass is 15.0. The lowest BCUT2D eigenvalue weighted by molar-refractivity contribution is 1.07. The number of aromatic nitrogens is 5. The third kappa shape index (κ3) is 5.29. The van der Waals surface area contributed by atoms with Crippen molar-refractivity contribution >= 4 is 43.5 Å². The van der Waals surface area contributed by atoms with Crippen LogP contribution in [0.3, 0.4) is 0 Å². The molecule has 3 aromatic heterocycles. The van der Waals surface area contributed by atoms with E-state index in [0.29, 0.717) is 17.5 Å². The van der Waals surface area contributed by atoms with Gasteiger partial charge in [-0.1, -0.05) is 146 Å².